The summed E-state index contributed by atoms with van der Waals surface area (Å²) in [4.78, 5) is 13.5. The first-order chi connectivity index (χ1) is 7.56. The minimum Gasteiger partial charge on any atom is -0.341 e. The topological polar surface area (TPSA) is 44.1 Å². The average Bonchev–Trinajstić information content (AvgIpc) is 2.28. The number of benzene rings is 1. The van der Waals surface area contributed by atoms with Crippen molar-refractivity contribution in [1.82, 2.24) is 4.90 Å². The Labute approximate surface area is 104 Å². The van der Waals surface area contributed by atoms with E-state index in [1.165, 1.54) is 0 Å². The van der Waals surface area contributed by atoms with Crippen molar-refractivity contribution in [3.8, 4) is 6.07 Å². The van der Waals surface area contributed by atoms with Gasteiger partial charge in [-0.3, -0.25) is 4.79 Å². The molecule has 1 aromatic carbocycles. The van der Waals surface area contributed by atoms with Gasteiger partial charge < -0.3 is 4.90 Å². The molecule has 0 aliphatic heterocycles. The normalized spacial score (nSPS) is 9.62. The summed E-state index contributed by atoms with van der Waals surface area (Å²) in [5.41, 5.74) is 1.68. The quantitative estimate of drug-likeness (QED) is 0.855. The van der Waals surface area contributed by atoms with Crippen LogP contribution in [0.2, 0.25) is 0 Å². The van der Waals surface area contributed by atoms with Crippen LogP contribution in [0.3, 0.4) is 0 Å². The van der Waals surface area contributed by atoms with Crippen LogP contribution in [0.15, 0.2) is 22.7 Å². The molecule has 1 amide bonds. The summed E-state index contributed by atoms with van der Waals surface area (Å²) in [5, 5.41) is 8.45. The first kappa shape index (κ1) is 12.7. The molecule has 0 aliphatic rings. The summed E-state index contributed by atoms with van der Waals surface area (Å²) < 4.78 is 0.990. The fraction of sp³-hybridized carbons (Fsp3) is 0.333. The van der Waals surface area contributed by atoms with Crippen LogP contribution < -0.4 is 0 Å². The summed E-state index contributed by atoms with van der Waals surface area (Å²) >= 11 is 3.39. The summed E-state index contributed by atoms with van der Waals surface area (Å²) in [7, 11) is 1.71. The lowest BCUT2D eigenvalue weighted by atomic mass is 10.1. The van der Waals surface area contributed by atoms with Gasteiger partial charge in [0.2, 0.25) is 0 Å². The fourth-order valence-electron chi connectivity index (χ4n) is 1.32. The second kappa shape index (κ2) is 5.66. The summed E-state index contributed by atoms with van der Waals surface area (Å²) in [6, 6.07) is 7.51. The molecule has 0 saturated heterocycles. The van der Waals surface area contributed by atoms with Gasteiger partial charge in [0.15, 0.2) is 0 Å². The molecule has 0 fully saturated rings. The van der Waals surface area contributed by atoms with Crippen molar-refractivity contribution in [1.29, 1.82) is 5.26 Å². The maximum absolute atomic E-state index is 11.9. The molecule has 0 heterocycles. The van der Waals surface area contributed by atoms with E-state index in [0.29, 0.717) is 18.5 Å². The second-order valence-electron chi connectivity index (χ2n) is 3.60. The molecule has 0 aliphatic carbocycles. The standard InChI is InChI=1S/C12H13BrN2O/c1-9-8-10(4-5-11(9)13)12(16)15(2)7-3-6-14/h4-5,8H,3,7H2,1-2H3. The predicted octanol–water partition coefficient (Wildman–Crippen LogP) is 2.74. The third-order valence-electron chi connectivity index (χ3n) is 2.31. The van der Waals surface area contributed by atoms with Crippen LogP contribution in [-0.2, 0) is 0 Å². The van der Waals surface area contributed by atoms with E-state index in [2.05, 4.69) is 15.9 Å². The summed E-state index contributed by atoms with van der Waals surface area (Å²) in [6.07, 6.45) is 0.359. The van der Waals surface area contributed by atoms with Gasteiger partial charge in [-0.05, 0) is 30.7 Å². The Bertz CT molecular complexity index is 437. The first-order valence-corrected chi connectivity index (χ1v) is 5.74. The van der Waals surface area contributed by atoms with E-state index in [1.54, 1.807) is 18.0 Å². The van der Waals surface area contributed by atoms with Crippen LogP contribution in [0.5, 0.6) is 0 Å². The number of carbonyl (C=O) groups is 1. The van der Waals surface area contributed by atoms with Crippen molar-refractivity contribution in [2.75, 3.05) is 13.6 Å². The van der Waals surface area contributed by atoms with E-state index < -0.39 is 0 Å². The number of halogens is 1. The van der Waals surface area contributed by atoms with Crippen LogP contribution in [0.4, 0.5) is 0 Å². The lowest BCUT2D eigenvalue weighted by Gasteiger charge is -2.15. The van der Waals surface area contributed by atoms with Crippen LogP contribution in [-0.4, -0.2) is 24.4 Å². The Morgan fingerprint density at radius 1 is 1.56 bits per heavy atom. The van der Waals surface area contributed by atoms with Gasteiger partial charge in [-0.15, -0.1) is 0 Å². The molecule has 3 nitrogen and oxygen atoms in total. The van der Waals surface area contributed by atoms with Gasteiger partial charge in [-0.2, -0.15) is 5.26 Å². The predicted molar refractivity (Wildman–Crippen MR) is 66.1 cm³/mol. The molecule has 0 radical (unpaired) electrons. The Hall–Kier alpha value is -1.34. The molecule has 4 heteroatoms. The van der Waals surface area contributed by atoms with Gasteiger partial charge >= 0.3 is 0 Å². The molecule has 0 aromatic heterocycles. The van der Waals surface area contributed by atoms with Crippen molar-refractivity contribution in [2.45, 2.75) is 13.3 Å². The minimum atomic E-state index is -0.0501. The molecule has 0 spiro atoms. The van der Waals surface area contributed by atoms with Crippen LogP contribution >= 0.6 is 15.9 Å². The monoisotopic (exact) mass is 280 g/mol. The number of amides is 1. The number of carbonyl (C=O) groups excluding carboxylic acids is 1. The molecule has 0 bridgehead atoms. The summed E-state index contributed by atoms with van der Waals surface area (Å²) in [6.45, 7) is 2.40. The van der Waals surface area contributed by atoms with E-state index in [-0.39, 0.29) is 5.91 Å². The first-order valence-electron chi connectivity index (χ1n) is 4.95. The van der Waals surface area contributed by atoms with Crippen LogP contribution in [0.1, 0.15) is 22.3 Å². The number of hydrogen-bond acceptors (Lipinski definition) is 2. The summed E-state index contributed by atoms with van der Waals surface area (Å²) in [5.74, 6) is -0.0501. The molecular formula is C12H13BrN2O. The zero-order chi connectivity index (χ0) is 12.1. The van der Waals surface area contributed by atoms with Crippen molar-refractivity contribution >= 4 is 21.8 Å². The Kier molecular flexibility index (Phi) is 4.51. The lowest BCUT2D eigenvalue weighted by Crippen LogP contribution is -2.27. The molecule has 0 saturated carbocycles. The van der Waals surface area contributed by atoms with E-state index in [1.807, 2.05) is 25.1 Å². The fourth-order valence-corrected chi connectivity index (χ4v) is 1.56. The van der Waals surface area contributed by atoms with Gasteiger partial charge in [0.05, 0.1) is 12.5 Å². The van der Waals surface area contributed by atoms with Crippen LogP contribution in [0.25, 0.3) is 0 Å². The highest BCUT2D eigenvalue weighted by Crippen LogP contribution is 2.17. The molecule has 1 aromatic rings. The minimum absolute atomic E-state index is 0.0501. The second-order valence-corrected chi connectivity index (χ2v) is 4.45. The molecule has 0 atom stereocenters. The Balaban J connectivity index is 2.80. The molecule has 0 unspecified atom stereocenters. The molecule has 84 valence electrons. The maximum atomic E-state index is 11.9. The largest absolute Gasteiger partial charge is 0.341 e. The third-order valence-corrected chi connectivity index (χ3v) is 3.20. The van der Waals surface area contributed by atoms with Gasteiger partial charge in [-0.1, -0.05) is 15.9 Å². The van der Waals surface area contributed by atoms with E-state index in [4.69, 9.17) is 5.26 Å². The SMILES string of the molecule is Cc1cc(C(=O)N(C)CCC#N)ccc1Br. The van der Waals surface area contributed by atoms with Crippen molar-refractivity contribution in [3.63, 3.8) is 0 Å². The Morgan fingerprint density at radius 3 is 2.81 bits per heavy atom. The van der Waals surface area contributed by atoms with Gasteiger partial charge in [0, 0.05) is 23.6 Å². The number of rotatable bonds is 3. The highest BCUT2D eigenvalue weighted by atomic mass is 79.9. The van der Waals surface area contributed by atoms with E-state index in [9.17, 15) is 4.79 Å². The van der Waals surface area contributed by atoms with Crippen molar-refractivity contribution in [3.05, 3.63) is 33.8 Å². The van der Waals surface area contributed by atoms with Crippen molar-refractivity contribution in [2.24, 2.45) is 0 Å². The highest BCUT2D eigenvalue weighted by Gasteiger charge is 2.11. The zero-order valence-electron chi connectivity index (χ0n) is 9.33. The van der Waals surface area contributed by atoms with Gasteiger partial charge in [0.25, 0.3) is 5.91 Å². The number of hydrogen-bond donors (Lipinski definition) is 0. The maximum Gasteiger partial charge on any atom is 0.253 e. The zero-order valence-corrected chi connectivity index (χ0v) is 10.9. The van der Waals surface area contributed by atoms with Gasteiger partial charge in [0.1, 0.15) is 0 Å². The average molecular weight is 281 g/mol. The van der Waals surface area contributed by atoms with E-state index in [0.717, 1.165) is 10.0 Å². The smallest absolute Gasteiger partial charge is 0.253 e. The third kappa shape index (κ3) is 3.07. The van der Waals surface area contributed by atoms with Crippen molar-refractivity contribution < 1.29 is 4.79 Å². The number of nitriles is 1. The van der Waals surface area contributed by atoms with E-state index >= 15 is 0 Å². The molecule has 16 heavy (non-hydrogen) atoms. The van der Waals surface area contributed by atoms with Crippen LogP contribution in [0, 0.1) is 18.3 Å². The molecule has 0 N–H and O–H groups in total. The lowest BCUT2D eigenvalue weighted by molar-refractivity contribution is 0.0798. The van der Waals surface area contributed by atoms with Gasteiger partial charge in [-0.25, -0.2) is 0 Å². The molecular weight excluding hydrogens is 268 g/mol. The highest BCUT2D eigenvalue weighted by molar-refractivity contribution is 9.10. The number of aryl methyl sites for hydroxylation is 1. The number of nitrogens with zero attached hydrogens (tertiary/aromatic N) is 2. The Morgan fingerprint density at radius 2 is 2.25 bits per heavy atom. The molecule has 1 rings (SSSR count).